The molecular formula is C29H46O5. The van der Waals surface area contributed by atoms with Crippen LogP contribution < -0.4 is 0 Å². The lowest BCUT2D eigenvalue weighted by Crippen LogP contribution is -2.71. The summed E-state index contributed by atoms with van der Waals surface area (Å²) in [5.74, 6) is -0.132. The predicted molar refractivity (Wildman–Crippen MR) is 130 cm³/mol. The minimum Gasteiger partial charge on any atom is -0.481 e. The van der Waals surface area contributed by atoms with Crippen LogP contribution in [0.4, 0.5) is 0 Å². The van der Waals surface area contributed by atoms with Crippen LogP contribution in [0.5, 0.6) is 0 Å². The molecule has 192 valence electrons. The first-order valence-electron chi connectivity index (χ1n) is 13.8. The highest BCUT2D eigenvalue weighted by molar-refractivity contribution is 5.83. The second-order valence-electron chi connectivity index (χ2n) is 14.4. The van der Waals surface area contributed by atoms with Crippen molar-refractivity contribution < 1.29 is 24.9 Å². The third kappa shape index (κ3) is 2.69. The van der Waals surface area contributed by atoms with Crippen LogP contribution in [0.1, 0.15) is 99.3 Å². The zero-order chi connectivity index (χ0) is 25.1. The molecule has 34 heavy (non-hydrogen) atoms. The van der Waals surface area contributed by atoms with Crippen LogP contribution in [0.2, 0.25) is 0 Å². The van der Waals surface area contributed by atoms with E-state index in [-0.39, 0.29) is 57.2 Å². The number of aliphatic hydroxyl groups excluding tert-OH is 2. The largest absolute Gasteiger partial charge is 0.481 e. The van der Waals surface area contributed by atoms with Gasteiger partial charge >= 0.3 is 5.97 Å². The number of rotatable bonds is 2. The number of hydrogen-bond acceptors (Lipinski definition) is 4. The Morgan fingerprint density at radius 3 is 2.09 bits per heavy atom. The average Bonchev–Trinajstić information content (AvgIpc) is 3.16. The van der Waals surface area contributed by atoms with Gasteiger partial charge in [-0.05, 0) is 105 Å². The van der Waals surface area contributed by atoms with Crippen molar-refractivity contribution in [3.8, 4) is 0 Å². The number of carboxylic acids is 1. The smallest absolute Gasteiger partial charge is 0.309 e. The lowest BCUT2D eigenvalue weighted by Gasteiger charge is -2.73. The fraction of sp³-hybridized carbons (Fsp3) is 0.931. The molecule has 3 N–H and O–H groups in total. The number of carbonyl (C=O) groups is 2. The van der Waals surface area contributed by atoms with Gasteiger partial charge in [-0.15, -0.1) is 0 Å². The van der Waals surface area contributed by atoms with E-state index in [4.69, 9.17) is 0 Å². The van der Waals surface area contributed by atoms with Crippen molar-refractivity contribution in [2.75, 3.05) is 0 Å². The molecule has 5 aliphatic rings. The highest BCUT2D eigenvalue weighted by Gasteiger charge is 2.74. The van der Waals surface area contributed by atoms with Crippen molar-refractivity contribution in [2.24, 2.45) is 56.7 Å². The second-order valence-corrected chi connectivity index (χ2v) is 14.4. The highest BCUT2D eigenvalue weighted by Crippen LogP contribution is 2.77. The number of hydrogen-bond donors (Lipinski definition) is 3. The molecule has 0 radical (unpaired) electrons. The van der Waals surface area contributed by atoms with Crippen molar-refractivity contribution in [1.82, 2.24) is 0 Å². The Balaban J connectivity index is 1.60. The van der Waals surface area contributed by atoms with Gasteiger partial charge in [0.15, 0.2) is 0 Å². The summed E-state index contributed by atoms with van der Waals surface area (Å²) in [6.07, 6.45) is 6.30. The van der Waals surface area contributed by atoms with Crippen molar-refractivity contribution in [3.05, 3.63) is 0 Å². The van der Waals surface area contributed by atoms with E-state index in [0.29, 0.717) is 31.6 Å². The maximum absolute atomic E-state index is 12.7. The quantitative estimate of drug-likeness (QED) is 0.519. The molecule has 0 aromatic heterocycles. The first-order valence-corrected chi connectivity index (χ1v) is 13.8. The Kier molecular flexibility index (Phi) is 5.32. The summed E-state index contributed by atoms with van der Waals surface area (Å²) in [5, 5.41) is 33.2. The molecule has 5 rings (SSSR count). The van der Waals surface area contributed by atoms with Crippen LogP contribution in [0, 0.1) is 56.7 Å². The maximum atomic E-state index is 12.7. The predicted octanol–water partition coefficient (Wildman–Crippen LogP) is 5.07. The minimum absolute atomic E-state index is 0.0433. The first-order chi connectivity index (χ1) is 15.7. The summed E-state index contributed by atoms with van der Waals surface area (Å²) in [5.41, 5.74) is -1.50. The minimum atomic E-state index is -0.785. The first kappa shape index (κ1) is 24.7. The molecule has 5 saturated carbocycles. The number of aliphatic hydroxyl groups is 2. The van der Waals surface area contributed by atoms with Gasteiger partial charge in [0.25, 0.3) is 0 Å². The molecular weight excluding hydrogens is 428 g/mol. The van der Waals surface area contributed by atoms with Gasteiger partial charge in [0.05, 0.1) is 17.6 Å². The zero-order valence-corrected chi connectivity index (χ0v) is 22.1. The van der Waals surface area contributed by atoms with Gasteiger partial charge in [-0.1, -0.05) is 34.6 Å². The zero-order valence-electron chi connectivity index (χ0n) is 22.1. The Morgan fingerprint density at radius 1 is 0.794 bits per heavy atom. The number of Topliss-reactive ketones (excluding diaryl/α,β-unsaturated/α-hetero) is 1. The molecule has 0 bridgehead atoms. The third-order valence-electron chi connectivity index (χ3n) is 13.4. The molecule has 0 spiro atoms. The number of carbonyl (C=O) groups excluding carboxylic acids is 1. The molecule has 0 saturated heterocycles. The Labute approximate surface area is 205 Å². The summed E-state index contributed by atoms with van der Waals surface area (Å²) in [4.78, 5) is 25.4. The molecule has 0 aliphatic heterocycles. The van der Waals surface area contributed by atoms with Crippen molar-refractivity contribution in [3.63, 3.8) is 0 Å². The van der Waals surface area contributed by atoms with E-state index in [1.54, 1.807) is 6.92 Å². The fourth-order valence-corrected chi connectivity index (χ4v) is 11.4. The molecule has 5 aliphatic carbocycles. The van der Waals surface area contributed by atoms with Gasteiger partial charge in [-0.2, -0.15) is 0 Å². The van der Waals surface area contributed by atoms with E-state index >= 15 is 0 Å². The summed E-state index contributed by atoms with van der Waals surface area (Å²) in [6.45, 7) is 13.1. The summed E-state index contributed by atoms with van der Waals surface area (Å²) in [7, 11) is 0. The van der Waals surface area contributed by atoms with E-state index in [1.165, 1.54) is 0 Å². The number of ketones is 1. The van der Waals surface area contributed by atoms with Gasteiger partial charge in [-0.25, -0.2) is 0 Å². The molecule has 5 fully saturated rings. The summed E-state index contributed by atoms with van der Waals surface area (Å²) >= 11 is 0. The van der Waals surface area contributed by atoms with E-state index in [9.17, 15) is 24.9 Å². The van der Waals surface area contributed by atoms with Crippen LogP contribution >= 0.6 is 0 Å². The van der Waals surface area contributed by atoms with Gasteiger partial charge in [0, 0.05) is 11.3 Å². The van der Waals surface area contributed by atoms with Crippen molar-refractivity contribution >= 4 is 11.8 Å². The maximum Gasteiger partial charge on any atom is 0.309 e. The molecule has 0 heterocycles. The molecule has 5 heteroatoms. The normalized spacial score (nSPS) is 55.9. The van der Waals surface area contributed by atoms with E-state index in [1.807, 2.05) is 0 Å². The second kappa shape index (κ2) is 7.31. The lowest BCUT2D eigenvalue weighted by molar-refractivity contribution is -0.283. The molecule has 11 atom stereocenters. The SMILES string of the molecule is CC(=O)[C@@H]1CC[C@]2(C(=O)O)CC[C@]3(C)[C@H](CC[C@@H]4[C@@]5(C)CC[C@H](O)C(C)(C)[C@@H]5C[C@H](O)[C@]43C)[C@@H]12. The van der Waals surface area contributed by atoms with E-state index in [0.717, 1.165) is 32.1 Å². The van der Waals surface area contributed by atoms with Gasteiger partial charge in [-0.3, -0.25) is 9.59 Å². The number of aliphatic carboxylic acids is 1. The molecule has 5 nitrogen and oxygen atoms in total. The summed E-state index contributed by atoms with van der Waals surface area (Å²) in [6, 6.07) is 0. The van der Waals surface area contributed by atoms with E-state index in [2.05, 4.69) is 34.6 Å². The van der Waals surface area contributed by atoms with Crippen LogP contribution in [0.3, 0.4) is 0 Å². The Morgan fingerprint density at radius 2 is 1.47 bits per heavy atom. The highest BCUT2D eigenvalue weighted by atomic mass is 16.4. The lowest BCUT2D eigenvalue weighted by atomic mass is 9.31. The Hall–Kier alpha value is -0.940. The van der Waals surface area contributed by atoms with Gasteiger partial charge in [0.2, 0.25) is 0 Å². The van der Waals surface area contributed by atoms with Crippen LogP contribution in [-0.2, 0) is 9.59 Å². The van der Waals surface area contributed by atoms with Crippen LogP contribution in [-0.4, -0.2) is 39.3 Å². The number of carboxylic acid groups (broad SMARTS) is 1. The van der Waals surface area contributed by atoms with E-state index < -0.39 is 17.5 Å². The average molecular weight is 475 g/mol. The number of fused-ring (bicyclic) bond motifs is 7. The Bertz CT molecular complexity index is 897. The van der Waals surface area contributed by atoms with Gasteiger partial charge < -0.3 is 15.3 Å². The molecule has 0 unspecified atom stereocenters. The standard InChI is InChI=1S/C29H46O5/c1-16(30)17-9-12-29(24(33)34)14-13-27(5)18(23(17)29)7-8-19-26(4)11-10-21(31)25(2,3)20(26)15-22(32)28(19,27)6/h17-23,31-32H,7-15H2,1-6H3,(H,33,34)/t17-,18+,19+,20-,21-,22-,23+,26+,27+,28-,29-/m0/s1. The fourth-order valence-electron chi connectivity index (χ4n) is 11.4. The molecule has 0 aromatic rings. The topological polar surface area (TPSA) is 94.8 Å². The third-order valence-corrected chi connectivity index (χ3v) is 13.4. The van der Waals surface area contributed by atoms with Crippen LogP contribution in [0.25, 0.3) is 0 Å². The van der Waals surface area contributed by atoms with Crippen molar-refractivity contribution in [2.45, 2.75) is 112 Å². The molecule has 0 amide bonds. The van der Waals surface area contributed by atoms with Crippen molar-refractivity contribution in [1.29, 1.82) is 0 Å². The van der Waals surface area contributed by atoms with Crippen LogP contribution in [0.15, 0.2) is 0 Å². The van der Waals surface area contributed by atoms with Gasteiger partial charge in [0.1, 0.15) is 5.78 Å². The summed E-state index contributed by atoms with van der Waals surface area (Å²) < 4.78 is 0. The monoisotopic (exact) mass is 474 g/mol. The molecule has 0 aromatic carbocycles.